The van der Waals surface area contributed by atoms with Gasteiger partial charge in [-0.1, -0.05) is 200 Å². The fourth-order valence-corrected chi connectivity index (χ4v) is 14.1. The number of rotatable bonds is 9. The van der Waals surface area contributed by atoms with E-state index in [1.807, 2.05) is 0 Å². The van der Waals surface area contributed by atoms with Crippen molar-refractivity contribution in [3.05, 3.63) is 200 Å². The molecule has 0 saturated carbocycles. The Kier molecular flexibility index (Phi) is 9.38. The number of hydrogen-bond acceptors (Lipinski definition) is 0. The van der Waals surface area contributed by atoms with Gasteiger partial charge in [0, 0.05) is 0 Å². The molecule has 0 amide bonds. The van der Waals surface area contributed by atoms with Crippen LogP contribution in [0, 0.1) is 0 Å². The molecular formula is C42H33P3. The molecule has 0 radical (unpaired) electrons. The first kappa shape index (κ1) is 29.5. The Morgan fingerprint density at radius 2 is 0.356 bits per heavy atom. The van der Waals surface area contributed by atoms with Crippen LogP contribution in [-0.2, 0) is 0 Å². The minimum atomic E-state index is -0.882. The van der Waals surface area contributed by atoms with E-state index in [2.05, 4.69) is 200 Å². The Hall–Kier alpha value is -4.17. The summed E-state index contributed by atoms with van der Waals surface area (Å²) in [5.41, 5.74) is 0. The van der Waals surface area contributed by atoms with Gasteiger partial charge in [0.05, 0.1) is 0 Å². The van der Waals surface area contributed by atoms with Crippen molar-refractivity contribution in [2.24, 2.45) is 0 Å². The molecular weight excluding hydrogens is 597 g/mol. The molecule has 0 unspecified atom stereocenters. The van der Waals surface area contributed by atoms with Crippen molar-refractivity contribution >= 4 is 71.5 Å². The van der Waals surface area contributed by atoms with E-state index in [0.29, 0.717) is 0 Å². The first-order valence-corrected chi connectivity index (χ1v) is 19.2. The van der Waals surface area contributed by atoms with E-state index in [1.54, 1.807) is 0 Å². The third-order valence-corrected chi connectivity index (χ3v) is 15.7. The van der Waals surface area contributed by atoms with E-state index in [-0.39, 0.29) is 0 Å². The second-order valence-corrected chi connectivity index (χ2v) is 17.2. The fraction of sp³-hybridized carbons (Fsp3) is 0. The average Bonchev–Trinajstić information content (AvgIpc) is 3.12. The van der Waals surface area contributed by atoms with E-state index in [9.17, 15) is 0 Å². The van der Waals surface area contributed by atoms with Crippen LogP contribution in [0.4, 0.5) is 0 Å². The normalized spacial score (nSPS) is 11.3. The molecule has 0 N–H and O–H groups in total. The summed E-state index contributed by atoms with van der Waals surface area (Å²) in [6.45, 7) is 0. The van der Waals surface area contributed by atoms with Gasteiger partial charge in [-0.25, -0.2) is 0 Å². The molecule has 7 aromatic carbocycles. The van der Waals surface area contributed by atoms with Crippen LogP contribution < -0.4 is 47.7 Å². The van der Waals surface area contributed by atoms with Gasteiger partial charge in [0.1, 0.15) is 0 Å². The molecule has 0 aliphatic rings. The lowest BCUT2D eigenvalue weighted by Crippen LogP contribution is -2.39. The molecule has 0 heterocycles. The monoisotopic (exact) mass is 630 g/mol. The Bertz CT molecular complexity index is 1740. The molecule has 216 valence electrons. The molecule has 0 atom stereocenters. The van der Waals surface area contributed by atoms with Crippen LogP contribution in [0.25, 0.3) is 0 Å². The molecule has 3 heteroatoms. The molecule has 0 fully saturated rings. The van der Waals surface area contributed by atoms with Crippen LogP contribution in [0.2, 0.25) is 0 Å². The summed E-state index contributed by atoms with van der Waals surface area (Å²) in [4.78, 5) is 0. The van der Waals surface area contributed by atoms with E-state index in [0.717, 1.165) is 0 Å². The van der Waals surface area contributed by atoms with Crippen molar-refractivity contribution in [1.82, 2.24) is 0 Å². The lowest BCUT2D eigenvalue weighted by molar-refractivity contribution is 1.74. The highest BCUT2D eigenvalue weighted by Crippen LogP contribution is 2.41. The van der Waals surface area contributed by atoms with Crippen molar-refractivity contribution < 1.29 is 0 Å². The van der Waals surface area contributed by atoms with Gasteiger partial charge >= 0.3 is 0 Å². The first-order chi connectivity index (χ1) is 22.4. The molecule has 45 heavy (non-hydrogen) atoms. The van der Waals surface area contributed by atoms with Crippen molar-refractivity contribution in [3.8, 4) is 0 Å². The summed E-state index contributed by atoms with van der Waals surface area (Å²) in [5, 5.41) is 12.6. The van der Waals surface area contributed by atoms with Crippen LogP contribution >= 0.6 is 23.8 Å². The molecule has 0 aliphatic heterocycles. The molecule has 0 aromatic heterocycles. The van der Waals surface area contributed by atoms with Crippen LogP contribution in [0.5, 0.6) is 0 Å². The average molecular weight is 631 g/mol. The first-order valence-electron chi connectivity index (χ1n) is 15.2. The summed E-state index contributed by atoms with van der Waals surface area (Å²) in [5.74, 6) is 0. The molecule has 0 aliphatic carbocycles. The smallest absolute Gasteiger partial charge is 0.00673 e. The lowest BCUT2D eigenvalue weighted by atomic mass is 10.3. The maximum absolute atomic E-state index is 2.40. The van der Waals surface area contributed by atoms with Gasteiger partial charge in [0.25, 0.3) is 0 Å². The van der Waals surface area contributed by atoms with Crippen LogP contribution in [0.15, 0.2) is 200 Å². The van der Waals surface area contributed by atoms with Gasteiger partial charge in [-0.3, -0.25) is 0 Å². The van der Waals surface area contributed by atoms with Gasteiger partial charge in [0.2, 0.25) is 0 Å². The quantitative estimate of drug-likeness (QED) is 0.151. The Balaban J connectivity index is 1.49. The van der Waals surface area contributed by atoms with Crippen LogP contribution in [0.3, 0.4) is 0 Å². The minimum absolute atomic E-state index is 0.771. The number of hydrogen-bond donors (Lipinski definition) is 0. The molecule has 0 saturated heterocycles. The highest BCUT2D eigenvalue weighted by Gasteiger charge is 2.29. The lowest BCUT2D eigenvalue weighted by Gasteiger charge is -2.30. The third-order valence-electron chi connectivity index (χ3n) is 7.80. The van der Waals surface area contributed by atoms with Gasteiger partial charge in [-0.05, 0) is 71.5 Å². The van der Waals surface area contributed by atoms with Crippen molar-refractivity contribution in [2.45, 2.75) is 0 Å². The third kappa shape index (κ3) is 6.47. The van der Waals surface area contributed by atoms with E-state index in [1.165, 1.54) is 47.7 Å². The van der Waals surface area contributed by atoms with Crippen LogP contribution in [-0.4, -0.2) is 0 Å². The van der Waals surface area contributed by atoms with Gasteiger partial charge in [-0.2, -0.15) is 0 Å². The zero-order chi connectivity index (χ0) is 30.3. The van der Waals surface area contributed by atoms with Crippen molar-refractivity contribution in [3.63, 3.8) is 0 Å². The zero-order valence-electron chi connectivity index (χ0n) is 24.9. The van der Waals surface area contributed by atoms with E-state index >= 15 is 0 Å². The predicted octanol–water partition coefficient (Wildman–Crippen LogP) is 6.96. The van der Waals surface area contributed by atoms with E-state index in [4.69, 9.17) is 0 Å². The molecule has 7 rings (SSSR count). The minimum Gasteiger partial charge on any atom is -0.0622 e. The highest BCUT2D eigenvalue weighted by molar-refractivity contribution is 7.87. The fourth-order valence-electron chi connectivity index (χ4n) is 5.83. The van der Waals surface area contributed by atoms with E-state index < -0.39 is 23.8 Å². The molecule has 0 bridgehead atoms. The standard InChI is InChI=1S/C42H33P3/c1-6-20-34(21-7-1)43(35-22-8-2-9-23-35)39-30-16-18-32-41(39)45(38-28-14-5-15-29-38)42-33-19-17-31-40(42)44(36-24-10-3-11-25-36)37-26-12-4-13-27-37/h1-33H. The maximum atomic E-state index is 2.40. The Morgan fingerprint density at radius 3 is 0.600 bits per heavy atom. The molecule has 0 spiro atoms. The van der Waals surface area contributed by atoms with Gasteiger partial charge in [-0.15, -0.1) is 0 Å². The predicted molar refractivity (Wildman–Crippen MR) is 203 cm³/mol. The van der Waals surface area contributed by atoms with Gasteiger partial charge in [0.15, 0.2) is 0 Å². The summed E-state index contributed by atoms with van der Waals surface area (Å²) in [7, 11) is -2.42. The van der Waals surface area contributed by atoms with Crippen LogP contribution in [0.1, 0.15) is 0 Å². The Labute approximate surface area is 270 Å². The molecule has 0 nitrogen and oxygen atoms in total. The Morgan fingerprint density at radius 1 is 0.178 bits per heavy atom. The summed E-state index contributed by atoms with van der Waals surface area (Å²) in [6.07, 6.45) is 0. The summed E-state index contributed by atoms with van der Waals surface area (Å²) < 4.78 is 0. The van der Waals surface area contributed by atoms with Gasteiger partial charge < -0.3 is 0 Å². The second-order valence-electron chi connectivity index (χ2n) is 10.7. The summed E-state index contributed by atoms with van der Waals surface area (Å²) >= 11 is 0. The zero-order valence-corrected chi connectivity index (χ0v) is 27.6. The number of benzene rings is 7. The van der Waals surface area contributed by atoms with Crippen molar-refractivity contribution in [1.29, 1.82) is 0 Å². The largest absolute Gasteiger partial charge is 0.0622 e. The topological polar surface area (TPSA) is 0 Å². The van der Waals surface area contributed by atoms with Crippen molar-refractivity contribution in [2.75, 3.05) is 0 Å². The second kappa shape index (κ2) is 14.3. The maximum Gasteiger partial charge on any atom is -0.00673 e. The SMILES string of the molecule is c1ccc(P(c2ccccc2)c2ccccc2P(c2ccccc2)c2ccccc2P(c2ccccc2)c2ccccc2)cc1. The highest BCUT2D eigenvalue weighted by atomic mass is 31.1. The summed E-state index contributed by atoms with van der Waals surface area (Å²) in [6, 6.07) is 74.1. The molecule has 7 aromatic rings.